The summed E-state index contributed by atoms with van der Waals surface area (Å²) in [6, 6.07) is 3.32. The van der Waals surface area contributed by atoms with Crippen molar-refractivity contribution < 1.29 is 4.39 Å². The zero-order valence-electron chi connectivity index (χ0n) is 5.70. The highest BCUT2D eigenvalue weighted by Crippen LogP contribution is 2.27. The molecule has 60 valence electrons. The average molecular weight is 347 g/mol. The molecule has 0 bridgehead atoms. The molecule has 0 spiro atoms. The molecule has 0 amide bonds. The fourth-order valence-corrected chi connectivity index (χ4v) is 2.14. The van der Waals surface area contributed by atoms with Crippen LogP contribution in [0.5, 0.6) is 0 Å². The Morgan fingerprint density at radius 3 is 2.73 bits per heavy atom. The Morgan fingerprint density at radius 1 is 1.55 bits per heavy atom. The maximum absolute atomic E-state index is 13.0. The van der Waals surface area contributed by atoms with Crippen molar-refractivity contribution in [3.05, 3.63) is 26.0 Å². The van der Waals surface area contributed by atoms with E-state index in [-0.39, 0.29) is 5.82 Å². The summed E-state index contributed by atoms with van der Waals surface area (Å²) >= 11 is 6.83. The molecule has 0 saturated heterocycles. The normalized spacial score (nSPS) is 10.2. The van der Waals surface area contributed by atoms with Gasteiger partial charge in [-0.05, 0) is 56.9 Å². The van der Waals surface area contributed by atoms with Crippen LogP contribution in [0.1, 0.15) is 0 Å². The molecule has 1 aromatic carbocycles. The minimum atomic E-state index is -0.162. The fraction of sp³-hybridized carbons (Fsp3) is 0.143. The van der Waals surface area contributed by atoms with Gasteiger partial charge in [-0.15, -0.1) is 11.8 Å². The number of hydrogen-bond acceptors (Lipinski definition) is 1. The molecule has 0 heterocycles. The summed E-state index contributed by atoms with van der Waals surface area (Å²) in [5, 5.41) is 0. The first-order valence-electron chi connectivity index (χ1n) is 2.83. The minimum absolute atomic E-state index is 0.162. The van der Waals surface area contributed by atoms with Crippen molar-refractivity contribution in [1.82, 2.24) is 0 Å². The van der Waals surface area contributed by atoms with Gasteiger partial charge in [0.05, 0.1) is 0 Å². The van der Waals surface area contributed by atoms with Crippen molar-refractivity contribution in [2.75, 3.05) is 6.26 Å². The predicted octanol–water partition coefficient (Wildman–Crippen LogP) is 3.91. The molecule has 0 fully saturated rings. The van der Waals surface area contributed by atoms with E-state index in [0.717, 1.165) is 8.04 Å². The third-order valence-electron chi connectivity index (χ3n) is 1.19. The minimum Gasteiger partial charge on any atom is -0.206 e. The monoisotopic (exact) mass is 346 g/mol. The quantitative estimate of drug-likeness (QED) is 0.422. The molecule has 0 saturated carbocycles. The summed E-state index contributed by atoms with van der Waals surface area (Å²) < 4.78 is 14.8. The van der Waals surface area contributed by atoms with Crippen molar-refractivity contribution >= 4 is 50.3 Å². The van der Waals surface area contributed by atoms with Crippen molar-refractivity contribution in [2.45, 2.75) is 4.90 Å². The van der Waals surface area contributed by atoms with Gasteiger partial charge in [-0.2, -0.15) is 0 Å². The van der Waals surface area contributed by atoms with Gasteiger partial charge in [-0.3, -0.25) is 0 Å². The Morgan fingerprint density at radius 2 is 2.18 bits per heavy atom. The maximum Gasteiger partial charge on any atom is 0.137 e. The van der Waals surface area contributed by atoms with E-state index in [2.05, 4.69) is 38.5 Å². The Hall–Kier alpha value is 0.710. The number of halogens is 3. The summed E-state index contributed by atoms with van der Waals surface area (Å²) in [6.07, 6.45) is 1.86. The lowest BCUT2D eigenvalue weighted by Gasteiger charge is -2.01. The van der Waals surface area contributed by atoms with E-state index in [1.165, 1.54) is 17.8 Å². The zero-order valence-corrected chi connectivity index (χ0v) is 10.3. The van der Waals surface area contributed by atoms with Gasteiger partial charge in [0, 0.05) is 12.9 Å². The molecule has 0 aliphatic rings. The molecule has 1 rings (SSSR count). The second kappa shape index (κ2) is 4.09. The van der Waals surface area contributed by atoms with E-state index in [0.29, 0.717) is 4.90 Å². The summed E-state index contributed by atoms with van der Waals surface area (Å²) in [5.74, 6) is -0.162. The molecule has 0 nitrogen and oxygen atoms in total. The Bertz CT molecular complexity index is 277. The van der Waals surface area contributed by atoms with Crippen LogP contribution in [0.25, 0.3) is 0 Å². The first kappa shape index (κ1) is 9.80. The molecule has 0 aromatic heterocycles. The predicted molar refractivity (Wildman–Crippen MR) is 58.6 cm³/mol. The number of hydrogen-bond donors (Lipinski definition) is 0. The second-order valence-corrected chi connectivity index (χ2v) is 4.77. The lowest BCUT2D eigenvalue weighted by atomic mass is 10.3. The molecule has 4 heteroatoms. The molecule has 0 aliphatic heterocycles. The molecule has 0 radical (unpaired) electrons. The molecular weight excluding hydrogens is 342 g/mol. The van der Waals surface area contributed by atoms with Crippen molar-refractivity contribution in [2.24, 2.45) is 0 Å². The highest BCUT2D eigenvalue weighted by atomic mass is 127. The molecular formula is C7H5BrFIS. The van der Waals surface area contributed by atoms with Crippen molar-refractivity contribution in [3.63, 3.8) is 0 Å². The molecule has 0 unspecified atom stereocenters. The Labute approximate surface area is 91.2 Å². The largest absolute Gasteiger partial charge is 0.206 e. The van der Waals surface area contributed by atoms with Gasteiger partial charge in [0.1, 0.15) is 5.82 Å². The third kappa shape index (κ3) is 2.32. The van der Waals surface area contributed by atoms with Crippen LogP contribution in [0.2, 0.25) is 0 Å². The van der Waals surface area contributed by atoms with Crippen LogP contribution in [0.15, 0.2) is 21.5 Å². The fourth-order valence-electron chi connectivity index (χ4n) is 0.661. The second-order valence-electron chi connectivity index (χ2n) is 1.90. The van der Waals surface area contributed by atoms with Gasteiger partial charge in [-0.1, -0.05) is 0 Å². The Balaban J connectivity index is 3.21. The lowest BCUT2D eigenvalue weighted by molar-refractivity contribution is 0.600. The molecule has 11 heavy (non-hydrogen) atoms. The average Bonchev–Trinajstić information content (AvgIpc) is 1.97. The Kier molecular flexibility index (Phi) is 3.64. The number of thioether (sulfide) groups is 1. The lowest BCUT2D eigenvalue weighted by Crippen LogP contribution is -1.83. The summed E-state index contributed by atoms with van der Waals surface area (Å²) in [5.41, 5.74) is 0. The standard InChI is InChI=1S/C7H5BrFIS/c1-11-7-3-6(10)4(8)2-5(7)9/h2-3H,1H3. The summed E-state index contributed by atoms with van der Waals surface area (Å²) in [4.78, 5) is 0.692. The molecule has 1 aromatic rings. The van der Waals surface area contributed by atoms with Crippen molar-refractivity contribution in [3.8, 4) is 0 Å². The van der Waals surface area contributed by atoms with Crippen LogP contribution in [0.4, 0.5) is 4.39 Å². The highest BCUT2D eigenvalue weighted by Gasteiger charge is 2.04. The maximum atomic E-state index is 13.0. The summed E-state index contributed by atoms with van der Waals surface area (Å²) in [6.45, 7) is 0. The number of rotatable bonds is 1. The van der Waals surface area contributed by atoms with Crippen LogP contribution in [0.3, 0.4) is 0 Å². The van der Waals surface area contributed by atoms with E-state index >= 15 is 0 Å². The third-order valence-corrected chi connectivity index (χ3v) is 4.24. The van der Waals surface area contributed by atoms with Crippen LogP contribution < -0.4 is 0 Å². The van der Waals surface area contributed by atoms with E-state index in [4.69, 9.17) is 0 Å². The molecule has 0 N–H and O–H groups in total. The van der Waals surface area contributed by atoms with Crippen LogP contribution in [-0.2, 0) is 0 Å². The first-order valence-corrected chi connectivity index (χ1v) is 5.93. The molecule has 0 aliphatic carbocycles. The van der Waals surface area contributed by atoms with Crippen LogP contribution >= 0.6 is 50.3 Å². The topological polar surface area (TPSA) is 0 Å². The van der Waals surface area contributed by atoms with Gasteiger partial charge < -0.3 is 0 Å². The smallest absolute Gasteiger partial charge is 0.137 e. The van der Waals surface area contributed by atoms with E-state index < -0.39 is 0 Å². The summed E-state index contributed by atoms with van der Waals surface area (Å²) in [7, 11) is 0. The van der Waals surface area contributed by atoms with E-state index in [1.807, 2.05) is 12.3 Å². The first-order chi connectivity index (χ1) is 5.15. The molecule has 0 atom stereocenters. The SMILES string of the molecule is CSc1cc(I)c(Br)cc1F. The van der Waals surface area contributed by atoms with E-state index in [1.54, 1.807) is 0 Å². The van der Waals surface area contributed by atoms with Gasteiger partial charge in [-0.25, -0.2) is 4.39 Å². The van der Waals surface area contributed by atoms with Gasteiger partial charge >= 0.3 is 0 Å². The van der Waals surface area contributed by atoms with Gasteiger partial charge in [0.15, 0.2) is 0 Å². The highest BCUT2D eigenvalue weighted by molar-refractivity contribution is 14.1. The van der Waals surface area contributed by atoms with E-state index in [9.17, 15) is 4.39 Å². The van der Waals surface area contributed by atoms with Gasteiger partial charge in [0.25, 0.3) is 0 Å². The number of benzene rings is 1. The van der Waals surface area contributed by atoms with Crippen molar-refractivity contribution in [1.29, 1.82) is 0 Å². The van der Waals surface area contributed by atoms with Crippen LogP contribution in [-0.4, -0.2) is 6.26 Å². The van der Waals surface area contributed by atoms with Crippen LogP contribution in [0, 0.1) is 9.39 Å². The zero-order chi connectivity index (χ0) is 8.43. The van der Waals surface area contributed by atoms with Gasteiger partial charge in [0.2, 0.25) is 0 Å².